The van der Waals surface area contributed by atoms with Gasteiger partial charge in [0, 0.05) is 17.5 Å². The highest BCUT2D eigenvalue weighted by atomic mass is 19.1. The molecule has 1 N–H and O–H groups in total. The van der Waals surface area contributed by atoms with Gasteiger partial charge in [-0.25, -0.2) is 4.39 Å². The second-order valence-electron chi connectivity index (χ2n) is 5.02. The minimum atomic E-state index is -0.490. The predicted octanol–water partition coefficient (Wildman–Crippen LogP) is 2.41. The van der Waals surface area contributed by atoms with Crippen LogP contribution in [-0.4, -0.2) is 26.0 Å². The number of ether oxygens (including phenoxy) is 1. The molecule has 0 saturated carbocycles. The molecule has 4 heteroatoms. The van der Waals surface area contributed by atoms with Gasteiger partial charge in [0.2, 0.25) is 0 Å². The van der Waals surface area contributed by atoms with Crippen LogP contribution in [0.1, 0.15) is 30.1 Å². The number of rotatable bonds is 3. The van der Waals surface area contributed by atoms with Gasteiger partial charge in [0.15, 0.2) is 17.3 Å². The number of halogens is 1. The number of ketones is 1. The summed E-state index contributed by atoms with van der Waals surface area (Å²) in [5, 5.41) is 3.22. The van der Waals surface area contributed by atoms with Crippen LogP contribution >= 0.6 is 0 Å². The minimum absolute atomic E-state index is 0.00347. The zero-order chi connectivity index (χ0) is 13.2. The van der Waals surface area contributed by atoms with Crippen LogP contribution in [0, 0.1) is 11.2 Å². The fraction of sp³-hybridized carbons (Fsp3) is 0.500. The summed E-state index contributed by atoms with van der Waals surface area (Å²) in [5.41, 5.74) is -0.0151. The van der Waals surface area contributed by atoms with E-state index in [9.17, 15) is 9.18 Å². The van der Waals surface area contributed by atoms with Crippen molar-refractivity contribution in [2.45, 2.75) is 19.8 Å². The first-order valence-electron chi connectivity index (χ1n) is 6.16. The molecule has 1 aliphatic rings. The zero-order valence-corrected chi connectivity index (χ0v) is 10.8. The van der Waals surface area contributed by atoms with Gasteiger partial charge in [-0.1, -0.05) is 6.92 Å². The third kappa shape index (κ3) is 2.38. The highest BCUT2D eigenvalue weighted by Gasteiger charge is 2.35. The van der Waals surface area contributed by atoms with E-state index in [2.05, 4.69) is 5.32 Å². The molecule has 18 heavy (non-hydrogen) atoms. The van der Waals surface area contributed by atoms with Crippen LogP contribution in [0.25, 0.3) is 0 Å². The van der Waals surface area contributed by atoms with Crippen molar-refractivity contribution >= 4 is 5.78 Å². The molecule has 0 aliphatic carbocycles. The Morgan fingerprint density at radius 2 is 2.28 bits per heavy atom. The number of hydrogen-bond donors (Lipinski definition) is 1. The van der Waals surface area contributed by atoms with E-state index in [4.69, 9.17) is 4.74 Å². The predicted molar refractivity (Wildman–Crippen MR) is 67.5 cm³/mol. The van der Waals surface area contributed by atoms with E-state index < -0.39 is 11.2 Å². The molecule has 1 fully saturated rings. The van der Waals surface area contributed by atoms with Crippen molar-refractivity contribution in [1.82, 2.24) is 5.32 Å². The average molecular weight is 251 g/mol. The zero-order valence-electron chi connectivity index (χ0n) is 10.8. The minimum Gasteiger partial charge on any atom is -0.494 e. The fourth-order valence-corrected chi connectivity index (χ4v) is 2.41. The first kappa shape index (κ1) is 13.0. The van der Waals surface area contributed by atoms with Gasteiger partial charge in [-0.15, -0.1) is 0 Å². The van der Waals surface area contributed by atoms with Crippen LogP contribution in [0.15, 0.2) is 18.2 Å². The molecular weight excluding hydrogens is 233 g/mol. The molecule has 0 spiro atoms. The maximum absolute atomic E-state index is 13.6. The molecule has 1 aromatic rings. The number of carbonyl (C=O) groups excluding carboxylic acids is 1. The van der Waals surface area contributed by atoms with Gasteiger partial charge in [0.1, 0.15) is 0 Å². The van der Waals surface area contributed by atoms with E-state index in [0.717, 1.165) is 19.4 Å². The largest absolute Gasteiger partial charge is 0.494 e. The molecule has 2 rings (SSSR count). The Kier molecular flexibility index (Phi) is 3.66. The standard InChI is InChI=1S/C14H18FNO2/c1-14(6-3-7-16-9-14)13(17)10-4-5-12(18-2)11(15)8-10/h4-5,8,16H,3,6-7,9H2,1-2H3. The fourth-order valence-electron chi connectivity index (χ4n) is 2.41. The number of hydrogen-bond acceptors (Lipinski definition) is 3. The van der Waals surface area contributed by atoms with Crippen LogP contribution in [0.3, 0.4) is 0 Å². The second-order valence-corrected chi connectivity index (χ2v) is 5.02. The Hall–Kier alpha value is -1.42. The summed E-state index contributed by atoms with van der Waals surface area (Å²) >= 11 is 0. The Bertz CT molecular complexity index is 453. The smallest absolute Gasteiger partial charge is 0.170 e. The molecule has 1 heterocycles. The van der Waals surface area contributed by atoms with Gasteiger partial charge in [-0.3, -0.25) is 4.79 Å². The topological polar surface area (TPSA) is 38.3 Å². The van der Waals surface area contributed by atoms with Crippen molar-refractivity contribution in [2.75, 3.05) is 20.2 Å². The molecule has 3 nitrogen and oxygen atoms in total. The third-order valence-electron chi connectivity index (χ3n) is 3.56. The van der Waals surface area contributed by atoms with Gasteiger partial charge >= 0.3 is 0 Å². The Morgan fingerprint density at radius 1 is 1.50 bits per heavy atom. The summed E-state index contributed by atoms with van der Waals surface area (Å²) in [6.45, 7) is 3.53. The number of benzene rings is 1. The summed E-state index contributed by atoms with van der Waals surface area (Å²) in [4.78, 5) is 12.4. The molecule has 0 aromatic heterocycles. The number of carbonyl (C=O) groups is 1. The van der Waals surface area contributed by atoms with Crippen molar-refractivity contribution in [3.8, 4) is 5.75 Å². The van der Waals surface area contributed by atoms with Gasteiger partial charge in [-0.05, 0) is 37.6 Å². The van der Waals surface area contributed by atoms with Crippen LogP contribution in [-0.2, 0) is 0 Å². The van der Waals surface area contributed by atoms with Crippen LogP contribution in [0.2, 0.25) is 0 Å². The highest BCUT2D eigenvalue weighted by molar-refractivity contribution is 6.00. The quantitative estimate of drug-likeness (QED) is 0.838. The molecule has 1 atom stereocenters. The van der Waals surface area contributed by atoms with Gasteiger partial charge in [-0.2, -0.15) is 0 Å². The van der Waals surface area contributed by atoms with E-state index in [-0.39, 0.29) is 11.5 Å². The van der Waals surface area contributed by atoms with Crippen molar-refractivity contribution < 1.29 is 13.9 Å². The number of Topliss-reactive ketones (excluding diaryl/α,β-unsaturated/α-hetero) is 1. The lowest BCUT2D eigenvalue weighted by atomic mass is 9.76. The van der Waals surface area contributed by atoms with E-state index in [1.54, 1.807) is 6.07 Å². The molecular formula is C14H18FNO2. The Morgan fingerprint density at radius 3 is 2.83 bits per heavy atom. The molecule has 1 aliphatic heterocycles. The van der Waals surface area contributed by atoms with Crippen LogP contribution < -0.4 is 10.1 Å². The molecule has 1 saturated heterocycles. The molecule has 0 radical (unpaired) electrons. The van der Waals surface area contributed by atoms with Crippen molar-refractivity contribution in [3.63, 3.8) is 0 Å². The number of nitrogens with one attached hydrogen (secondary N) is 1. The summed E-state index contributed by atoms with van der Waals surface area (Å²) in [7, 11) is 1.41. The van der Waals surface area contributed by atoms with Crippen molar-refractivity contribution in [2.24, 2.45) is 5.41 Å². The van der Waals surface area contributed by atoms with Crippen molar-refractivity contribution in [3.05, 3.63) is 29.6 Å². The monoisotopic (exact) mass is 251 g/mol. The maximum Gasteiger partial charge on any atom is 0.170 e. The lowest BCUT2D eigenvalue weighted by Crippen LogP contribution is -2.43. The normalized spacial score (nSPS) is 23.7. The molecule has 0 bridgehead atoms. The average Bonchev–Trinajstić information content (AvgIpc) is 2.38. The van der Waals surface area contributed by atoms with Crippen LogP contribution in [0.4, 0.5) is 4.39 Å². The van der Waals surface area contributed by atoms with E-state index in [1.165, 1.54) is 19.2 Å². The number of piperidine rings is 1. The SMILES string of the molecule is COc1ccc(C(=O)C2(C)CCCNC2)cc1F. The molecule has 1 aromatic carbocycles. The molecule has 98 valence electrons. The van der Waals surface area contributed by atoms with Crippen molar-refractivity contribution in [1.29, 1.82) is 0 Å². The third-order valence-corrected chi connectivity index (χ3v) is 3.56. The van der Waals surface area contributed by atoms with E-state index in [1.807, 2.05) is 6.92 Å². The lowest BCUT2D eigenvalue weighted by Gasteiger charge is -2.32. The van der Waals surface area contributed by atoms with Crippen LogP contribution in [0.5, 0.6) is 5.75 Å². The first-order valence-corrected chi connectivity index (χ1v) is 6.16. The maximum atomic E-state index is 13.6. The second kappa shape index (κ2) is 5.06. The molecule has 1 unspecified atom stereocenters. The highest BCUT2D eigenvalue weighted by Crippen LogP contribution is 2.31. The van der Waals surface area contributed by atoms with E-state index >= 15 is 0 Å². The lowest BCUT2D eigenvalue weighted by molar-refractivity contribution is 0.0772. The Balaban J connectivity index is 2.25. The first-order chi connectivity index (χ1) is 8.57. The summed E-state index contributed by atoms with van der Waals surface area (Å²) in [6, 6.07) is 4.40. The van der Waals surface area contributed by atoms with Gasteiger partial charge < -0.3 is 10.1 Å². The summed E-state index contributed by atoms with van der Waals surface area (Å²) in [6.07, 6.45) is 1.81. The van der Waals surface area contributed by atoms with E-state index in [0.29, 0.717) is 12.1 Å². The summed E-state index contributed by atoms with van der Waals surface area (Å²) < 4.78 is 18.5. The summed E-state index contributed by atoms with van der Waals surface area (Å²) in [5.74, 6) is -0.328. The number of methoxy groups -OCH3 is 1. The molecule has 0 amide bonds. The Labute approximate surface area is 106 Å². The van der Waals surface area contributed by atoms with Gasteiger partial charge in [0.25, 0.3) is 0 Å². The van der Waals surface area contributed by atoms with Gasteiger partial charge in [0.05, 0.1) is 7.11 Å².